The largest absolute Gasteiger partial charge is 0.492 e. The van der Waals surface area contributed by atoms with Gasteiger partial charge in [-0.1, -0.05) is 17.7 Å². The summed E-state index contributed by atoms with van der Waals surface area (Å²) in [5.41, 5.74) is 2.42. The topological polar surface area (TPSA) is 114 Å². The number of benzene rings is 3. The van der Waals surface area contributed by atoms with Gasteiger partial charge in [0.05, 0.1) is 30.3 Å². The fraction of sp³-hybridized carbons (Fsp3) is 0.286. The van der Waals surface area contributed by atoms with Crippen molar-refractivity contribution < 1.29 is 32.2 Å². The van der Waals surface area contributed by atoms with Gasteiger partial charge in [-0.25, -0.2) is 8.42 Å². The molecule has 1 fully saturated rings. The molecular formula is C28H29N3O7S. The highest BCUT2D eigenvalue weighted by atomic mass is 32.2. The molecule has 2 aliphatic rings. The molecule has 204 valence electrons. The molecule has 3 aromatic rings. The SMILES string of the molecule is Cc1ccc(OCCN2C(=O)COc3ccc(NC(=O)c4ccc(S(=O)(=O)N5CCOCC5)cc4)cc32)cc1. The van der Waals surface area contributed by atoms with Crippen LogP contribution in [-0.2, 0) is 19.6 Å². The maximum Gasteiger partial charge on any atom is 0.265 e. The van der Waals surface area contributed by atoms with Crippen LogP contribution in [0.3, 0.4) is 0 Å². The molecule has 39 heavy (non-hydrogen) atoms. The van der Waals surface area contributed by atoms with Crippen LogP contribution in [0.1, 0.15) is 15.9 Å². The lowest BCUT2D eigenvalue weighted by atomic mass is 10.1. The molecule has 2 aliphatic heterocycles. The number of carbonyl (C=O) groups excluding carboxylic acids is 2. The predicted octanol–water partition coefficient (Wildman–Crippen LogP) is 3.07. The second-order valence-corrected chi connectivity index (χ2v) is 11.1. The molecule has 3 aromatic carbocycles. The monoisotopic (exact) mass is 551 g/mol. The Balaban J connectivity index is 1.26. The molecule has 2 heterocycles. The molecular weight excluding hydrogens is 522 g/mol. The molecule has 1 N–H and O–H groups in total. The van der Waals surface area contributed by atoms with E-state index in [1.807, 2.05) is 31.2 Å². The Labute approximate surface area is 227 Å². The van der Waals surface area contributed by atoms with E-state index in [2.05, 4.69) is 5.32 Å². The predicted molar refractivity (Wildman–Crippen MR) is 145 cm³/mol. The molecule has 0 saturated carbocycles. The third-order valence-corrected chi connectivity index (χ3v) is 8.40. The van der Waals surface area contributed by atoms with Gasteiger partial charge < -0.3 is 24.4 Å². The first kappa shape index (κ1) is 26.7. The number of sulfonamides is 1. The summed E-state index contributed by atoms with van der Waals surface area (Å²) in [5.74, 6) is 0.616. The van der Waals surface area contributed by atoms with Crippen LogP contribution in [0, 0.1) is 6.92 Å². The van der Waals surface area contributed by atoms with E-state index in [4.69, 9.17) is 14.2 Å². The van der Waals surface area contributed by atoms with Crippen LogP contribution in [0.25, 0.3) is 0 Å². The van der Waals surface area contributed by atoms with Gasteiger partial charge in [0.15, 0.2) is 6.61 Å². The van der Waals surface area contributed by atoms with E-state index in [0.717, 1.165) is 5.56 Å². The van der Waals surface area contributed by atoms with E-state index in [-0.39, 0.29) is 24.0 Å². The maximum atomic E-state index is 12.9. The van der Waals surface area contributed by atoms with Crippen LogP contribution < -0.4 is 19.7 Å². The quantitative estimate of drug-likeness (QED) is 0.458. The van der Waals surface area contributed by atoms with Gasteiger partial charge in [-0.2, -0.15) is 4.31 Å². The van der Waals surface area contributed by atoms with Crippen molar-refractivity contribution in [2.45, 2.75) is 11.8 Å². The first-order valence-corrected chi connectivity index (χ1v) is 14.0. The Bertz CT molecular complexity index is 1450. The lowest BCUT2D eigenvalue weighted by molar-refractivity contribution is -0.121. The molecule has 0 bridgehead atoms. The first-order chi connectivity index (χ1) is 18.8. The number of ether oxygens (including phenoxy) is 3. The van der Waals surface area contributed by atoms with Crippen molar-refractivity contribution in [3.05, 3.63) is 77.9 Å². The third kappa shape index (κ3) is 6.06. The van der Waals surface area contributed by atoms with Gasteiger partial charge in [-0.3, -0.25) is 9.59 Å². The Hall–Kier alpha value is -3.93. The molecule has 0 spiro atoms. The normalized spacial score (nSPS) is 15.8. The van der Waals surface area contributed by atoms with Crippen molar-refractivity contribution in [2.24, 2.45) is 0 Å². The van der Waals surface area contributed by atoms with Gasteiger partial charge in [0, 0.05) is 24.3 Å². The van der Waals surface area contributed by atoms with E-state index in [1.165, 1.54) is 28.6 Å². The van der Waals surface area contributed by atoms with Gasteiger partial charge in [-0.05, 0) is 61.5 Å². The van der Waals surface area contributed by atoms with Crippen molar-refractivity contribution in [2.75, 3.05) is 56.3 Å². The van der Waals surface area contributed by atoms with Crippen LogP contribution in [0.2, 0.25) is 0 Å². The van der Waals surface area contributed by atoms with Gasteiger partial charge >= 0.3 is 0 Å². The van der Waals surface area contributed by atoms with Crippen LogP contribution in [0.4, 0.5) is 11.4 Å². The number of rotatable bonds is 8. The Kier molecular flexibility index (Phi) is 7.82. The minimum Gasteiger partial charge on any atom is -0.492 e. The molecule has 0 aliphatic carbocycles. The molecule has 0 atom stereocenters. The molecule has 2 amide bonds. The van der Waals surface area contributed by atoms with Crippen LogP contribution in [0.5, 0.6) is 11.5 Å². The zero-order chi connectivity index (χ0) is 27.4. The molecule has 0 unspecified atom stereocenters. The smallest absolute Gasteiger partial charge is 0.265 e. The highest BCUT2D eigenvalue weighted by Crippen LogP contribution is 2.34. The fourth-order valence-corrected chi connectivity index (χ4v) is 5.74. The molecule has 0 aromatic heterocycles. The highest BCUT2D eigenvalue weighted by molar-refractivity contribution is 7.89. The van der Waals surface area contributed by atoms with Crippen molar-refractivity contribution in [3.8, 4) is 11.5 Å². The van der Waals surface area contributed by atoms with Gasteiger partial charge in [0.1, 0.15) is 18.1 Å². The maximum absolute atomic E-state index is 12.9. The number of nitrogens with one attached hydrogen (secondary N) is 1. The first-order valence-electron chi connectivity index (χ1n) is 12.6. The molecule has 0 radical (unpaired) electrons. The lowest BCUT2D eigenvalue weighted by Gasteiger charge is -2.29. The highest BCUT2D eigenvalue weighted by Gasteiger charge is 2.27. The fourth-order valence-electron chi connectivity index (χ4n) is 4.33. The van der Waals surface area contributed by atoms with Gasteiger partial charge in [0.25, 0.3) is 11.8 Å². The second-order valence-electron chi connectivity index (χ2n) is 9.17. The number of carbonyl (C=O) groups is 2. The van der Waals surface area contributed by atoms with E-state index < -0.39 is 15.9 Å². The summed E-state index contributed by atoms with van der Waals surface area (Å²) in [7, 11) is -3.65. The van der Waals surface area contributed by atoms with Gasteiger partial charge in [-0.15, -0.1) is 0 Å². The standard InChI is InChI=1S/C28H29N3O7S/c1-20-2-7-23(8-3-20)37-17-14-31-25-18-22(6-11-26(25)38-19-27(31)32)29-28(33)21-4-9-24(10-5-21)39(34,35)30-12-15-36-16-13-30/h2-11,18H,12-17,19H2,1H3,(H,29,33). The van der Waals surface area contributed by atoms with Crippen molar-refractivity contribution >= 4 is 33.2 Å². The van der Waals surface area contributed by atoms with Crippen LogP contribution >= 0.6 is 0 Å². The van der Waals surface area contributed by atoms with Crippen LogP contribution in [-0.4, -0.2) is 70.6 Å². The number of aryl methyl sites for hydroxylation is 1. The zero-order valence-corrected chi connectivity index (χ0v) is 22.3. The number of morpholine rings is 1. The van der Waals surface area contributed by atoms with Crippen molar-refractivity contribution in [3.63, 3.8) is 0 Å². The molecule has 11 heteroatoms. The van der Waals surface area contributed by atoms with Gasteiger partial charge in [0.2, 0.25) is 10.0 Å². The number of amides is 2. The summed E-state index contributed by atoms with van der Waals surface area (Å²) in [5, 5.41) is 2.81. The Morgan fingerprint density at radius 2 is 1.72 bits per heavy atom. The lowest BCUT2D eigenvalue weighted by Crippen LogP contribution is -2.41. The van der Waals surface area contributed by atoms with E-state index in [9.17, 15) is 18.0 Å². The summed E-state index contributed by atoms with van der Waals surface area (Å²) < 4.78 is 43.6. The number of hydrogen-bond donors (Lipinski definition) is 1. The molecule has 5 rings (SSSR count). The van der Waals surface area contributed by atoms with Crippen LogP contribution in [0.15, 0.2) is 71.6 Å². The average Bonchev–Trinajstić information content (AvgIpc) is 2.96. The number of nitrogens with zero attached hydrogens (tertiary/aromatic N) is 2. The summed E-state index contributed by atoms with van der Waals surface area (Å²) in [6.07, 6.45) is 0. The summed E-state index contributed by atoms with van der Waals surface area (Å²) >= 11 is 0. The Morgan fingerprint density at radius 1 is 1.00 bits per heavy atom. The van der Waals surface area contributed by atoms with Crippen molar-refractivity contribution in [1.82, 2.24) is 4.31 Å². The minimum absolute atomic E-state index is 0.0804. The van der Waals surface area contributed by atoms with E-state index >= 15 is 0 Å². The Morgan fingerprint density at radius 3 is 2.44 bits per heavy atom. The zero-order valence-electron chi connectivity index (χ0n) is 21.5. The number of fused-ring (bicyclic) bond motifs is 1. The number of anilines is 2. The van der Waals surface area contributed by atoms with E-state index in [1.54, 1.807) is 23.1 Å². The molecule has 1 saturated heterocycles. The minimum atomic E-state index is -3.65. The third-order valence-electron chi connectivity index (χ3n) is 6.49. The second kappa shape index (κ2) is 11.4. The van der Waals surface area contributed by atoms with Crippen molar-refractivity contribution in [1.29, 1.82) is 0 Å². The van der Waals surface area contributed by atoms with E-state index in [0.29, 0.717) is 61.3 Å². The molecule has 10 nitrogen and oxygen atoms in total. The summed E-state index contributed by atoms with van der Waals surface area (Å²) in [6, 6.07) is 18.5. The average molecular weight is 552 g/mol. The summed E-state index contributed by atoms with van der Waals surface area (Å²) in [6.45, 7) is 3.81. The summed E-state index contributed by atoms with van der Waals surface area (Å²) in [4.78, 5) is 27.2. The number of hydrogen-bond acceptors (Lipinski definition) is 7.